The van der Waals surface area contributed by atoms with Gasteiger partial charge in [-0.1, -0.05) is 20.8 Å². The topological polar surface area (TPSA) is 26.3 Å². The van der Waals surface area contributed by atoms with Gasteiger partial charge in [0.05, 0.1) is 0 Å². The van der Waals surface area contributed by atoms with Gasteiger partial charge in [0.15, 0.2) is 13.9 Å². The number of fused-ring (bicyclic) bond motifs is 5. The highest BCUT2D eigenvalue weighted by molar-refractivity contribution is 6.69. The highest BCUT2D eigenvalue weighted by Gasteiger charge is 2.66. The smallest absolute Gasteiger partial charge is 0.404 e. The molecular formula is C27H45F3O2Si. The molecule has 0 aromatic rings. The Hall–Kier alpha value is -0.363. The summed E-state index contributed by atoms with van der Waals surface area (Å²) in [6.45, 7) is 14.2. The molecule has 9 atom stereocenters. The van der Waals surface area contributed by atoms with Crippen LogP contribution in [-0.4, -0.2) is 25.9 Å². The molecule has 0 aromatic carbocycles. The zero-order chi connectivity index (χ0) is 24.6. The fourth-order valence-corrected chi connectivity index (χ4v) is 10.8. The standard InChI is InChI=1S/C27H45F3O2Si/c1-17(18(2)31)21-10-11-22-20-9-8-19-16-26(27(28,29)30,32-33(5,6)7)15-14-24(19,3)23(20)12-13-25(21,22)4/h17,19-23H,8-16H2,1-7H3/t17-,19+,20+,21-,22+,23+,24+,25-,26+/m1/s1. The zero-order valence-corrected chi connectivity index (χ0v) is 22.8. The van der Waals surface area contributed by atoms with E-state index >= 15 is 0 Å². The average Bonchev–Trinajstić information content (AvgIpc) is 3.02. The van der Waals surface area contributed by atoms with Crippen LogP contribution in [-0.2, 0) is 9.22 Å². The molecule has 0 N–H and O–H groups in total. The maximum absolute atomic E-state index is 14.4. The maximum Gasteiger partial charge on any atom is 0.416 e. The normalized spacial score (nSPS) is 46.8. The van der Waals surface area contributed by atoms with Gasteiger partial charge in [-0.25, -0.2) is 0 Å². The van der Waals surface area contributed by atoms with E-state index in [0.717, 1.165) is 32.1 Å². The Labute approximate surface area is 199 Å². The summed E-state index contributed by atoms with van der Waals surface area (Å²) < 4.78 is 49.3. The lowest BCUT2D eigenvalue weighted by atomic mass is 9.43. The number of rotatable bonds is 4. The highest BCUT2D eigenvalue weighted by atomic mass is 28.4. The molecule has 0 heterocycles. The molecule has 4 fully saturated rings. The molecule has 33 heavy (non-hydrogen) atoms. The Morgan fingerprint density at radius 2 is 1.58 bits per heavy atom. The Bertz CT molecular complexity index is 776. The lowest BCUT2D eigenvalue weighted by molar-refractivity contribution is -0.282. The SMILES string of the molecule is CC(=O)[C@@H](C)[C@H]1CC[C@H]2[C@@H]3CC[C@H]4C[C@](O[Si](C)(C)C)(C(F)(F)F)CC[C@]4(C)[C@H]3CC[C@]12C. The average molecular weight is 487 g/mol. The van der Waals surface area contributed by atoms with E-state index in [1.165, 1.54) is 6.42 Å². The third-order valence-electron chi connectivity index (χ3n) is 11.0. The molecule has 4 aliphatic rings. The zero-order valence-electron chi connectivity index (χ0n) is 21.8. The minimum atomic E-state index is -4.31. The van der Waals surface area contributed by atoms with E-state index in [-0.39, 0.29) is 35.5 Å². The maximum atomic E-state index is 14.4. The predicted octanol–water partition coefficient (Wildman–Crippen LogP) is 8.02. The number of hydrogen-bond acceptors (Lipinski definition) is 2. The van der Waals surface area contributed by atoms with Crippen molar-refractivity contribution in [2.45, 2.75) is 117 Å². The molecule has 0 aromatic heterocycles. The molecule has 0 amide bonds. The molecule has 0 bridgehead atoms. The van der Waals surface area contributed by atoms with Crippen LogP contribution in [0.4, 0.5) is 13.2 Å². The van der Waals surface area contributed by atoms with Gasteiger partial charge < -0.3 is 4.43 Å². The van der Waals surface area contributed by atoms with Crippen LogP contribution in [0.1, 0.15) is 85.5 Å². The van der Waals surface area contributed by atoms with Crippen molar-refractivity contribution in [3.63, 3.8) is 0 Å². The highest BCUT2D eigenvalue weighted by Crippen LogP contribution is 2.69. The third-order valence-corrected chi connectivity index (χ3v) is 12.0. The van der Waals surface area contributed by atoms with Gasteiger partial charge in [-0.2, -0.15) is 13.2 Å². The summed E-state index contributed by atoms with van der Waals surface area (Å²) in [5.74, 6) is 2.70. The minimum absolute atomic E-state index is 0.0218. The van der Waals surface area contributed by atoms with Gasteiger partial charge in [0.1, 0.15) is 5.78 Å². The summed E-state index contributed by atoms with van der Waals surface area (Å²) in [7, 11) is -2.35. The Kier molecular flexibility index (Phi) is 6.29. The molecule has 0 radical (unpaired) electrons. The van der Waals surface area contributed by atoms with Crippen molar-refractivity contribution >= 4 is 14.1 Å². The number of Topliss-reactive ketones (excluding diaryl/α,β-unsaturated/α-hetero) is 1. The first-order chi connectivity index (χ1) is 15.0. The van der Waals surface area contributed by atoms with Crippen LogP contribution >= 0.6 is 0 Å². The first kappa shape index (κ1) is 25.7. The molecule has 6 heteroatoms. The summed E-state index contributed by atoms with van der Waals surface area (Å²) in [6.07, 6.45) is 3.07. The largest absolute Gasteiger partial charge is 0.416 e. The molecule has 4 rings (SSSR count). The summed E-state index contributed by atoms with van der Waals surface area (Å²) in [6, 6.07) is 0. The molecule has 4 saturated carbocycles. The van der Waals surface area contributed by atoms with Crippen LogP contribution in [0.25, 0.3) is 0 Å². The van der Waals surface area contributed by atoms with Gasteiger partial charge in [-0.3, -0.25) is 4.79 Å². The second-order valence-electron chi connectivity index (χ2n) is 13.7. The second-order valence-corrected chi connectivity index (χ2v) is 18.1. The second kappa shape index (κ2) is 8.08. The fraction of sp³-hybridized carbons (Fsp3) is 0.963. The molecular weight excluding hydrogens is 441 g/mol. The lowest BCUT2D eigenvalue weighted by Crippen LogP contribution is -2.61. The van der Waals surface area contributed by atoms with E-state index in [0.29, 0.717) is 35.9 Å². The van der Waals surface area contributed by atoms with E-state index in [1.807, 2.05) is 19.6 Å². The Morgan fingerprint density at radius 1 is 0.939 bits per heavy atom. The van der Waals surface area contributed by atoms with E-state index in [4.69, 9.17) is 4.43 Å². The number of halogens is 3. The number of hydrogen-bond donors (Lipinski definition) is 0. The van der Waals surface area contributed by atoms with Gasteiger partial charge in [0.25, 0.3) is 0 Å². The predicted molar refractivity (Wildman–Crippen MR) is 128 cm³/mol. The van der Waals surface area contributed by atoms with Crippen LogP contribution in [0.15, 0.2) is 0 Å². The van der Waals surface area contributed by atoms with E-state index in [2.05, 4.69) is 20.8 Å². The molecule has 2 nitrogen and oxygen atoms in total. The molecule has 190 valence electrons. The Morgan fingerprint density at radius 3 is 2.15 bits per heavy atom. The summed E-state index contributed by atoms with van der Waals surface area (Å²) in [4.78, 5) is 12.2. The first-order valence-corrected chi connectivity index (χ1v) is 16.7. The summed E-state index contributed by atoms with van der Waals surface area (Å²) >= 11 is 0. The molecule has 0 saturated heterocycles. The van der Waals surface area contributed by atoms with Crippen molar-refractivity contribution < 1.29 is 22.4 Å². The minimum Gasteiger partial charge on any atom is -0.404 e. The van der Waals surface area contributed by atoms with Crippen LogP contribution in [0.5, 0.6) is 0 Å². The fourth-order valence-electron chi connectivity index (χ4n) is 9.37. The van der Waals surface area contributed by atoms with Crippen molar-refractivity contribution in [1.29, 1.82) is 0 Å². The van der Waals surface area contributed by atoms with Crippen LogP contribution < -0.4 is 0 Å². The lowest BCUT2D eigenvalue weighted by Gasteiger charge is -2.63. The molecule has 0 spiro atoms. The number of alkyl halides is 3. The van der Waals surface area contributed by atoms with Crippen LogP contribution in [0.3, 0.4) is 0 Å². The van der Waals surface area contributed by atoms with Gasteiger partial charge in [0.2, 0.25) is 0 Å². The summed E-state index contributed by atoms with van der Waals surface area (Å²) in [5, 5.41) is 0. The first-order valence-electron chi connectivity index (χ1n) is 13.3. The number of ketones is 1. The van der Waals surface area contributed by atoms with Crippen molar-refractivity contribution in [3.8, 4) is 0 Å². The molecule has 4 aliphatic carbocycles. The van der Waals surface area contributed by atoms with E-state index in [1.54, 1.807) is 6.92 Å². The van der Waals surface area contributed by atoms with Gasteiger partial charge in [-0.15, -0.1) is 0 Å². The van der Waals surface area contributed by atoms with Crippen molar-refractivity contribution in [1.82, 2.24) is 0 Å². The molecule has 0 aliphatic heterocycles. The number of carbonyl (C=O) groups is 1. The van der Waals surface area contributed by atoms with E-state index < -0.39 is 20.1 Å². The molecule has 0 unspecified atom stereocenters. The van der Waals surface area contributed by atoms with Crippen molar-refractivity contribution in [2.24, 2.45) is 46.3 Å². The van der Waals surface area contributed by atoms with Crippen LogP contribution in [0.2, 0.25) is 19.6 Å². The van der Waals surface area contributed by atoms with Gasteiger partial charge in [0, 0.05) is 5.92 Å². The summed E-state index contributed by atoms with van der Waals surface area (Å²) in [5.41, 5.74) is -1.76. The third kappa shape index (κ3) is 4.07. The van der Waals surface area contributed by atoms with Crippen LogP contribution in [0, 0.1) is 46.3 Å². The Balaban J connectivity index is 1.58. The monoisotopic (exact) mass is 486 g/mol. The van der Waals surface area contributed by atoms with Crippen molar-refractivity contribution in [2.75, 3.05) is 0 Å². The van der Waals surface area contributed by atoms with Gasteiger partial charge in [-0.05, 0) is 125 Å². The van der Waals surface area contributed by atoms with E-state index in [9.17, 15) is 18.0 Å². The van der Waals surface area contributed by atoms with Gasteiger partial charge >= 0.3 is 6.18 Å². The quantitative estimate of drug-likeness (QED) is 0.376. The number of carbonyl (C=O) groups excluding carboxylic acids is 1. The van der Waals surface area contributed by atoms with Crippen molar-refractivity contribution in [3.05, 3.63) is 0 Å².